The molecule has 0 radical (unpaired) electrons. The summed E-state index contributed by atoms with van der Waals surface area (Å²) < 4.78 is 11.3. The molecule has 2 N–H and O–H groups in total. The van der Waals surface area contributed by atoms with Gasteiger partial charge in [0.05, 0.1) is 11.7 Å². The van der Waals surface area contributed by atoms with Crippen molar-refractivity contribution in [2.75, 3.05) is 6.61 Å². The summed E-state index contributed by atoms with van der Waals surface area (Å²) in [6.45, 7) is 10.6. The molecule has 4 aliphatic rings. The van der Waals surface area contributed by atoms with E-state index in [1.807, 2.05) is 0 Å². The molecule has 0 aromatic rings. The highest BCUT2D eigenvalue weighted by atomic mass is 16.5. The Balaban J connectivity index is 1.82. The van der Waals surface area contributed by atoms with Gasteiger partial charge in [-0.15, -0.1) is 0 Å². The van der Waals surface area contributed by atoms with Crippen LogP contribution in [0.15, 0.2) is 11.6 Å². The number of fused-ring (bicyclic) bond motifs is 1. The molecule has 3 saturated carbocycles. The van der Waals surface area contributed by atoms with E-state index in [9.17, 15) is 19.8 Å². The van der Waals surface area contributed by atoms with Crippen LogP contribution < -0.4 is 0 Å². The molecule has 1 aliphatic heterocycles. The summed E-state index contributed by atoms with van der Waals surface area (Å²) in [7, 11) is 0. The summed E-state index contributed by atoms with van der Waals surface area (Å²) in [5.74, 6) is 0.172. The van der Waals surface area contributed by atoms with Crippen LogP contribution >= 0.6 is 0 Å². The molecule has 37 heavy (non-hydrogen) atoms. The van der Waals surface area contributed by atoms with Crippen LogP contribution in [-0.4, -0.2) is 46.6 Å². The van der Waals surface area contributed by atoms with E-state index in [4.69, 9.17) is 9.47 Å². The Labute approximate surface area is 223 Å². The molecule has 0 unspecified atom stereocenters. The lowest BCUT2D eigenvalue weighted by atomic mass is 9.38. The predicted octanol–water partition coefficient (Wildman–Crippen LogP) is 5.73. The van der Waals surface area contributed by atoms with Gasteiger partial charge in [-0.25, -0.2) is 4.79 Å². The number of cyclic esters (lactones) is 1. The summed E-state index contributed by atoms with van der Waals surface area (Å²) in [6.07, 6.45) is 11.2. The molecule has 210 valence electrons. The predicted molar refractivity (Wildman–Crippen MR) is 142 cm³/mol. The van der Waals surface area contributed by atoms with Gasteiger partial charge in [-0.05, 0) is 80.1 Å². The van der Waals surface area contributed by atoms with Gasteiger partial charge in [0.2, 0.25) is 0 Å². The lowest BCUT2D eigenvalue weighted by molar-refractivity contribution is -0.300. The summed E-state index contributed by atoms with van der Waals surface area (Å²) >= 11 is 0. The van der Waals surface area contributed by atoms with E-state index in [1.165, 1.54) is 19.8 Å². The normalized spacial score (nSPS) is 40.4. The Morgan fingerprint density at radius 2 is 1.92 bits per heavy atom. The Morgan fingerprint density at radius 3 is 2.51 bits per heavy atom. The van der Waals surface area contributed by atoms with Gasteiger partial charge in [0.1, 0.15) is 12.7 Å². The first-order valence-corrected chi connectivity index (χ1v) is 14.9. The molecule has 7 atom stereocenters. The summed E-state index contributed by atoms with van der Waals surface area (Å²) in [5.41, 5.74) is -1.13. The van der Waals surface area contributed by atoms with Gasteiger partial charge in [0.25, 0.3) is 0 Å². The number of carbonyl (C=O) groups is 2. The fraction of sp³-hybridized carbons (Fsp3) is 0.871. The standard InChI is InChI=1S/C31H50O6/c1-20(2)9-8-14-30-26(33)13-15-29(5,24-10-6-7-11-24)28(30)25(37-22(4)32)17-21(3)31(30,35)16-12-23-18-27(34)36-19-23/h18,20-21,24-26,28,33,35H,6-17,19H2,1-5H3/t21-,25-,26+,28+,29+,30+,31-/m1/s1. The van der Waals surface area contributed by atoms with Crippen LogP contribution in [0.1, 0.15) is 112 Å². The van der Waals surface area contributed by atoms with Gasteiger partial charge in [-0.1, -0.05) is 53.4 Å². The fourth-order valence-corrected chi connectivity index (χ4v) is 9.21. The van der Waals surface area contributed by atoms with E-state index in [0.717, 1.165) is 37.7 Å². The van der Waals surface area contributed by atoms with Crippen molar-refractivity contribution in [2.45, 2.75) is 129 Å². The number of carbonyl (C=O) groups excluding carboxylic acids is 2. The summed E-state index contributed by atoms with van der Waals surface area (Å²) in [5, 5.41) is 25.0. The van der Waals surface area contributed by atoms with E-state index in [1.54, 1.807) is 6.08 Å². The van der Waals surface area contributed by atoms with Crippen LogP contribution in [0, 0.1) is 34.5 Å². The van der Waals surface area contributed by atoms with Crippen molar-refractivity contribution in [3.8, 4) is 0 Å². The third-order valence-corrected chi connectivity index (χ3v) is 10.9. The Hall–Kier alpha value is -1.40. The largest absolute Gasteiger partial charge is 0.462 e. The maximum atomic E-state index is 12.9. The van der Waals surface area contributed by atoms with Crippen LogP contribution in [0.3, 0.4) is 0 Å². The molecule has 0 aromatic heterocycles. The number of ether oxygens (including phenoxy) is 2. The van der Waals surface area contributed by atoms with Crippen molar-refractivity contribution in [1.29, 1.82) is 0 Å². The average Bonchev–Trinajstić information content (AvgIpc) is 3.50. The highest BCUT2D eigenvalue weighted by molar-refractivity contribution is 5.85. The first-order valence-electron chi connectivity index (χ1n) is 14.9. The van der Waals surface area contributed by atoms with Crippen LogP contribution in [0.4, 0.5) is 0 Å². The zero-order valence-electron chi connectivity index (χ0n) is 23.8. The minimum absolute atomic E-state index is 0.112. The second-order valence-corrected chi connectivity index (χ2v) is 13.5. The Morgan fingerprint density at radius 1 is 1.22 bits per heavy atom. The van der Waals surface area contributed by atoms with Crippen LogP contribution in [-0.2, 0) is 19.1 Å². The molecule has 0 amide bonds. The third kappa shape index (κ3) is 5.14. The highest BCUT2D eigenvalue weighted by Gasteiger charge is 2.71. The molecule has 0 spiro atoms. The van der Waals surface area contributed by atoms with Crippen LogP contribution in [0.25, 0.3) is 0 Å². The van der Waals surface area contributed by atoms with E-state index >= 15 is 0 Å². The monoisotopic (exact) mass is 518 g/mol. The second kappa shape index (κ2) is 11.0. The van der Waals surface area contributed by atoms with Gasteiger partial charge >= 0.3 is 11.9 Å². The molecule has 6 heteroatoms. The number of esters is 2. The SMILES string of the molecule is CC(=O)O[C@@H]1C[C@@H](C)[C@](O)(CCC2=CC(=O)OC2)[C@]2(CCCC(C)C)[C@@H]1[C@](C)(C1CCCC1)CC[C@@H]2O. The molecule has 0 saturated heterocycles. The maximum absolute atomic E-state index is 12.9. The molecule has 0 bridgehead atoms. The molecule has 0 aromatic carbocycles. The lowest BCUT2D eigenvalue weighted by Crippen LogP contribution is -2.73. The highest BCUT2D eigenvalue weighted by Crippen LogP contribution is 2.69. The van der Waals surface area contributed by atoms with Crippen molar-refractivity contribution in [1.82, 2.24) is 0 Å². The Bertz CT molecular complexity index is 875. The number of hydrogen-bond donors (Lipinski definition) is 2. The zero-order chi connectivity index (χ0) is 27.0. The van der Waals surface area contributed by atoms with Gasteiger partial charge in [0, 0.05) is 24.3 Å². The molecular weight excluding hydrogens is 468 g/mol. The van der Waals surface area contributed by atoms with Crippen molar-refractivity contribution in [2.24, 2.45) is 34.5 Å². The smallest absolute Gasteiger partial charge is 0.331 e. The fourth-order valence-electron chi connectivity index (χ4n) is 9.21. The molecule has 6 nitrogen and oxygen atoms in total. The third-order valence-electron chi connectivity index (χ3n) is 10.9. The van der Waals surface area contributed by atoms with E-state index in [-0.39, 0.29) is 41.9 Å². The lowest BCUT2D eigenvalue weighted by Gasteiger charge is -2.69. The number of aliphatic hydroxyl groups is 2. The van der Waals surface area contributed by atoms with E-state index < -0.39 is 17.1 Å². The summed E-state index contributed by atoms with van der Waals surface area (Å²) in [4.78, 5) is 24.1. The quantitative estimate of drug-likeness (QED) is 0.379. The van der Waals surface area contributed by atoms with Crippen LogP contribution in [0.5, 0.6) is 0 Å². The number of rotatable bonds is 9. The second-order valence-electron chi connectivity index (χ2n) is 13.5. The van der Waals surface area contributed by atoms with E-state index in [2.05, 4.69) is 27.7 Å². The topological polar surface area (TPSA) is 93.1 Å². The molecular formula is C31H50O6. The van der Waals surface area contributed by atoms with Crippen molar-refractivity contribution in [3.63, 3.8) is 0 Å². The zero-order valence-corrected chi connectivity index (χ0v) is 23.8. The van der Waals surface area contributed by atoms with Gasteiger partial charge in [-0.3, -0.25) is 4.79 Å². The van der Waals surface area contributed by atoms with Crippen molar-refractivity contribution >= 4 is 11.9 Å². The molecule has 1 heterocycles. The Kier molecular flexibility index (Phi) is 8.50. The van der Waals surface area contributed by atoms with Crippen molar-refractivity contribution in [3.05, 3.63) is 11.6 Å². The van der Waals surface area contributed by atoms with E-state index in [0.29, 0.717) is 43.9 Å². The van der Waals surface area contributed by atoms with Crippen LogP contribution in [0.2, 0.25) is 0 Å². The first-order chi connectivity index (χ1) is 17.4. The molecule has 3 fully saturated rings. The molecule has 3 aliphatic carbocycles. The number of aliphatic hydroxyl groups excluding tert-OH is 1. The average molecular weight is 519 g/mol. The molecule has 4 rings (SSSR count). The van der Waals surface area contributed by atoms with Gasteiger partial charge in [-0.2, -0.15) is 0 Å². The number of hydrogen-bond acceptors (Lipinski definition) is 6. The van der Waals surface area contributed by atoms with Gasteiger partial charge < -0.3 is 19.7 Å². The minimum Gasteiger partial charge on any atom is -0.462 e. The minimum atomic E-state index is -1.14. The summed E-state index contributed by atoms with van der Waals surface area (Å²) in [6, 6.07) is 0. The first kappa shape index (κ1) is 28.6. The maximum Gasteiger partial charge on any atom is 0.331 e. The van der Waals surface area contributed by atoms with Gasteiger partial charge in [0.15, 0.2) is 0 Å². The van der Waals surface area contributed by atoms with Crippen molar-refractivity contribution < 1.29 is 29.3 Å².